The molecular weight excluding hydrogens is 352 g/mol. The molecule has 5 nitrogen and oxygen atoms in total. The number of benzene rings is 2. The van der Waals surface area contributed by atoms with Gasteiger partial charge in [-0.15, -0.1) is 0 Å². The van der Waals surface area contributed by atoms with Crippen molar-refractivity contribution in [2.75, 3.05) is 6.54 Å². The average molecular weight is 371 g/mol. The van der Waals surface area contributed by atoms with Crippen LogP contribution in [0.25, 0.3) is 10.9 Å². The van der Waals surface area contributed by atoms with Crippen LogP contribution in [-0.4, -0.2) is 33.4 Å². The summed E-state index contributed by atoms with van der Waals surface area (Å²) in [6, 6.07) is 14.8. The van der Waals surface area contributed by atoms with E-state index in [-0.39, 0.29) is 18.0 Å². The molecule has 3 aromatic rings. The van der Waals surface area contributed by atoms with Crippen molar-refractivity contribution in [2.24, 2.45) is 0 Å². The fourth-order valence-corrected chi connectivity index (χ4v) is 3.20. The smallest absolute Gasteiger partial charge is 0.352 e. The number of aromatic carboxylic acids is 1. The Hall–Kier alpha value is -2.79. The number of H-pyrrole nitrogens is 1. The molecule has 2 aromatic carbocycles. The number of aromatic nitrogens is 1. The lowest BCUT2D eigenvalue weighted by Crippen LogP contribution is -2.31. The first-order valence-corrected chi connectivity index (χ1v) is 8.72. The Morgan fingerprint density at radius 2 is 1.88 bits per heavy atom. The van der Waals surface area contributed by atoms with Crippen LogP contribution < -0.4 is 0 Å². The van der Waals surface area contributed by atoms with E-state index >= 15 is 0 Å². The Bertz CT molecular complexity index is 950. The third-order valence-electron chi connectivity index (χ3n) is 4.36. The number of nitrogens with zero attached hydrogens (tertiary/aromatic N) is 1. The summed E-state index contributed by atoms with van der Waals surface area (Å²) in [6.07, 6.45) is 0.00263. The maximum Gasteiger partial charge on any atom is 0.352 e. The topological polar surface area (TPSA) is 73.4 Å². The summed E-state index contributed by atoms with van der Waals surface area (Å²) < 4.78 is 0. The van der Waals surface area contributed by atoms with E-state index in [1.807, 2.05) is 37.3 Å². The van der Waals surface area contributed by atoms with E-state index in [9.17, 15) is 14.7 Å². The molecule has 0 atom stereocenters. The van der Waals surface area contributed by atoms with Gasteiger partial charge in [-0.2, -0.15) is 0 Å². The zero-order valence-corrected chi connectivity index (χ0v) is 15.1. The van der Waals surface area contributed by atoms with E-state index in [4.69, 9.17) is 11.6 Å². The number of nitrogens with one attached hydrogen (secondary N) is 1. The number of carboxylic acid groups (broad SMARTS) is 1. The van der Waals surface area contributed by atoms with Gasteiger partial charge in [0.15, 0.2) is 0 Å². The predicted octanol–water partition coefficient (Wildman–Crippen LogP) is 4.11. The lowest BCUT2D eigenvalue weighted by molar-refractivity contribution is -0.130. The van der Waals surface area contributed by atoms with Gasteiger partial charge in [-0.1, -0.05) is 41.9 Å². The molecule has 0 radical (unpaired) electrons. The standard InChI is InChI=1S/C20H19ClN2O3/c1-2-23(12-13-6-4-3-5-7-13)18(24)11-16-15-10-14(21)8-9-17(15)22-19(16)20(25)26/h3-10,22H,2,11-12H2,1H3,(H,25,26). The third kappa shape index (κ3) is 3.73. The quantitative estimate of drug-likeness (QED) is 0.685. The highest BCUT2D eigenvalue weighted by Gasteiger charge is 2.22. The molecule has 0 aliphatic heterocycles. The number of aromatic amines is 1. The van der Waals surface area contributed by atoms with Gasteiger partial charge in [-0.25, -0.2) is 4.79 Å². The highest BCUT2D eigenvalue weighted by atomic mass is 35.5. The Balaban J connectivity index is 1.91. The van der Waals surface area contributed by atoms with Gasteiger partial charge in [-0.3, -0.25) is 4.79 Å². The number of rotatable bonds is 6. The molecule has 0 spiro atoms. The monoisotopic (exact) mass is 370 g/mol. The molecule has 0 bridgehead atoms. The maximum absolute atomic E-state index is 12.8. The van der Waals surface area contributed by atoms with Crippen molar-refractivity contribution in [1.29, 1.82) is 0 Å². The first kappa shape index (κ1) is 18.0. The molecule has 0 aliphatic carbocycles. The van der Waals surface area contributed by atoms with Crippen molar-refractivity contribution < 1.29 is 14.7 Å². The summed E-state index contributed by atoms with van der Waals surface area (Å²) in [7, 11) is 0. The molecule has 134 valence electrons. The van der Waals surface area contributed by atoms with Gasteiger partial charge < -0.3 is 15.0 Å². The van der Waals surface area contributed by atoms with Crippen molar-refractivity contribution in [2.45, 2.75) is 19.9 Å². The largest absolute Gasteiger partial charge is 0.477 e. The number of likely N-dealkylation sites (N-methyl/N-ethyl adjacent to an activating group) is 1. The number of carbonyl (C=O) groups excluding carboxylic acids is 1. The summed E-state index contributed by atoms with van der Waals surface area (Å²) in [5, 5.41) is 10.7. The fourth-order valence-electron chi connectivity index (χ4n) is 3.03. The van der Waals surface area contributed by atoms with Gasteiger partial charge in [0, 0.05) is 34.6 Å². The molecule has 3 rings (SSSR count). The van der Waals surface area contributed by atoms with Crippen LogP contribution in [0.4, 0.5) is 0 Å². The van der Waals surface area contributed by atoms with E-state index in [1.54, 1.807) is 23.1 Å². The molecular formula is C20H19ClN2O3. The van der Waals surface area contributed by atoms with Crippen LogP contribution >= 0.6 is 11.6 Å². The number of fused-ring (bicyclic) bond motifs is 1. The van der Waals surface area contributed by atoms with Gasteiger partial charge in [0.2, 0.25) is 5.91 Å². The Morgan fingerprint density at radius 3 is 2.54 bits per heavy atom. The SMILES string of the molecule is CCN(Cc1ccccc1)C(=O)Cc1c(C(=O)O)[nH]c2ccc(Cl)cc12. The Kier molecular flexibility index (Phi) is 5.28. The maximum atomic E-state index is 12.8. The average Bonchev–Trinajstić information content (AvgIpc) is 2.98. The molecule has 2 N–H and O–H groups in total. The van der Waals surface area contributed by atoms with E-state index in [2.05, 4.69) is 4.98 Å². The molecule has 0 saturated heterocycles. The van der Waals surface area contributed by atoms with Gasteiger partial charge >= 0.3 is 5.97 Å². The second-order valence-electron chi connectivity index (χ2n) is 6.04. The summed E-state index contributed by atoms with van der Waals surface area (Å²) in [5.74, 6) is -1.22. The lowest BCUT2D eigenvalue weighted by atomic mass is 10.1. The van der Waals surface area contributed by atoms with Gasteiger partial charge in [0.25, 0.3) is 0 Å². The number of carbonyl (C=O) groups is 2. The van der Waals surface area contributed by atoms with Gasteiger partial charge in [0.05, 0.1) is 6.42 Å². The lowest BCUT2D eigenvalue weighted by Gasteiger charge is -2.21. The molecule has 26 heavy (non-hydrogen) atoms. The van der Waals surface area contributed by atoms with Crippen LogP contribution in [0, 0.1) is 0 Å². The van der Waals surface area contributed by atoms with E-state index < -0.39 is 5.97 Å². The molecule has 0 fully saturated rings. The summed E-state index contributed by atoms with van der Waals surface area (Å²) in [4.78, 5) is 29.0. The van der Waals surface area contributed by atoms with Gasteiger partial charge in [0.1, 0.15) is 5.69 Å². The minimum Gasteiger partial charge on any atom is -0.477 e. The van der Waals surface area contributed by atoms with Crippen LogP contribution in [0.2, 0.25) is 5.02 Å². The Morgan fingerprint density at radius 1 is 1.15 bits per heavy atom. The van der Waals surface area contributed by atoms with Crippen molar-refractivity contribution in [3.05, 3.63) is 70.4 Å². The zero-order chi connectivity index (χ0) is 18.7. The van der Waals surface area contributed by atoms with E-state index in [0.717, 1.165) is 5.56 Å². The molecule has 0 aliphatic rings. The predicted molar refractivity (Wildman–Crippen MR) is 102 cm³/mol. The molecule has 1 aromatic heterocycles. The zero-order valence-electron chi connectivity index (χ0n) is 14.3. The van der Waals surface area contributed by atoms with Crippen LogP contribution in [-0.2, 0) is 17.8 Å². The van der Waals surface area contributed by atoms with Crippen molar-refractivity contribution in [1.82, 2.24) is 9.88 Å². The second kappa shape index (κ2) is 7.62. The normalized spacial score (nSPS) is 10.8. The summed E-state index contributed by atoms with van der Waals surface area (Å²) in [6.45, 7) is 2.94. The van der Waals surface area contributed by atoms with Gasteiger partial charge in [-0.05, 0) is 30.7 Å². The molecule has 1 heterocycles. The first-order valence-electron chi connectivity index (χ1n) is 8.34. The molecule has 6 heteroatoms. The molecule has 0 unspecified atom stereocenters. The summed E-state index contributed by atoms with van der Waals surface area (Å²) >= 11 is 6.06. The summed E-state index contributed by atoms with van der Waals surface area (Å²) in [5.41, 5.74) is 2.18. The third-order valence-corrected chi connectivity index (χ3v) is 4.60. The van der Waals surface area contributed by atoms with Crippen LogP contribution in [0.1, 0.15) is 28.5 Å². The molecule has 1 amide bonds. The minimum absolute atomic E-state index is 0.00263. The van der Waals surface area contributed by atoms with Crippen LogP contribution in [0.3, 0.4) is 0 Å². The second-order valence-corrected chi connectivity index (χ2v) is 6.48. The van der Waals surface area contributed by atoms with Crippen molar-refractivity contribution >= 4 is 34.4 Å². The number of hydrogen-bond donors (Lipinski definition) is 2. The van der Waals surface area contributed by atoms with Crippen molar-refractivity contribution in [3.8, 4) is 0 Å². The van der Waals surface area contributed by atoms with E-state index in [1.165, 1.54) is 0 Å². The van der Waals surface area contributed by atoms with E-state index in [0.29, 0.717) is 34.6 Å². The van der Waals surface area contributed by atoms with Crippen molar-refractivity contribution in [3.63, 3.8) is 0 Å². The number of hydrogen-bond acceptors (Lipinski definition) is 2. The van der Waals surface area contributed by atoms with Crippen LogP contribution in [0.15, 0.2) is 48.5 Å². The highest BCUT2D eigenvalue weighted by Crippen LogP contribution is 2.27. The number of halogens is 1. The first-order chi connectivity index (χ1) is 12.5. The fraction of sp³-hybridized carbons (Fsp3) is 0.200. The highest BCUT2D eigenvalue weighted by molar-refractivity contribution is 6.31. The Labute approximate surface area is 156 Å². The minimum atomic E-state index is -1.09. The number of amides is 1. The number of carboxylic acids is 1. The molecule has 0 saturated carbocycles. The van der Waals surface area contributed by atoms with Crippen LogP contribution in [0.5, 0.6) is 0 Å².